The number of thiocarbonyl (C=S) groups is 1. The van der Waals surface area contributed by atoms with Crippen molar-refractivity contribution in [1.29, 1.82) is 0 Å². The number of hydrogen-bond donors (Lipinski definition) is 1. The topological polar surface area (TPSA) is 23.5 Å². The van der Waals surface area contributed by atoms with Gasteiger partial charge in [0.25, 0.3) is 0 Å². The molecule has 1 aromatic rings. The van der Waals surface area contributed by atoms with Gasteiger partial charge in [-0.2, -0.15) is 0 Å². The number of nitrogens with zero attached hydrogens (tertiary/aromatic N) is 1. The molecule has 0 radical (unpaired) electrons. The van der Waals surface area contributed by atoms with Crippen LogP contribution in [0.4, 0.5) is 5.69 Å². The Kier molecular flexibility index (Phi) is 2.53. The molecule has 1 N–H and O–H groups in total. The zero-order valence-corrected chi connectivity index (χ0v) is 8.52. The summed E-state index contributed by atoms with van der Waals surface area (Å²) in [6.45, 7) is 0. The van der Waals surface area contributed by atoms with Crippen molar-refractivity contribution in [3.05, 3.63) is 30.3 Å². The van der Waals surface area contributed by atoms with Gasteiger partial charge in [-0.3, -0.25) is 0 Å². The fourth-order valence-electron chi connectivity index (χ4n) is 1.28. The summed E-state index contributed by atoms with van der Waals surface area (Å²) in [5.41, 5.74) is 0.963. The van der Waals surface area contributed by atoms with Crippen molar-refractivity contribution in [3.63, 3.8) is 0 Å². The van der Waals surface area contributed by atoms with Crippen molar-refractivity contribution in [3.8, 4) is 0 Å². The molecule has 1 unspecified atom stereocenters. The van der Waals surface area contributed by atoms with Crippen LogP contribution in [0, 0.1) is 0 Å². The second-order valence-electron chi connectivity index (χ2n) is 2.76. The fraction of sp³-hybridized carbons (Fsp3) is 0.222. The molecule has 1 aliphatic heterocycles. The molecule has 1 aliphatic rings. The Morgan fingerprint density at radius 2 is 2.08 bits per heavy atom. The van der Waals surface area contributed by atoms with Gasteiger partial charge < -0.3 is 10.0 Å². The standard InChI is InChI=1S/C9H9NOS2/c11-8-6-13-9(12)10(8)7-4-2-1-3-5-7/h1-5,8,11H,6H2. The van der Waals surface area contributed by atoms with E-state index in [-0.39, 0.29) is 0 Å². The van der Waals surface area contributed by atoms with E-state index in [0.29, 0.717) is 5.75 Å². The minimum Gasteiger partial charge on any atom is -0.372 e. The lowest BCUT2D eigenvalue weighted by Crippen LogP contribution is -2.32. The highest BCUT2D eigenvalue weighted by Gasteiger charge is 2.27. The molecule has 0 bridgehead atoms. The molecule has 1 heterocycles. The third kappa shape index (κ3) is 1.70. The van der Waals surface area contributed by atoms with Crippen LogP contribution in [0.5, 0.6) is 0 Å². The molecule has 1 fully saturated rings. The first-order chi connectivity index (χ1) is 6.29. The summed E-state index contributed by atoms with van der Waals surface area (Å²) in [6.07, 6.45) is -0.472. The Bertz CT molecular complexity index is 315. The normalized spacial score (nSPS) is 22.4. The average Bonchev–Trinajstić information content (AvgIpc) is 2.48. The zero-order chi connectivity index (χ0) is 9.26. The Hall–Kier alpha value is -0.580. The maximum absolute atomic E-state index is 9.63. The van der Waals surface area contributed by atoms with Gasteiger partial charge in [0.05, 0.1) is 0 Å². The lowest BCUT2D eigenvalue weighted by molar-refractivity contribution is 0.213. The van der Waals surface area contributed by atoms with Crippen LogP contribution in [-0.2, 0) is 0 Å². The van der Waals surface area contributed by atoms with E-state index in [2.05, 4.69) is 0 Å². The number of aliphatic hydroxyl groups is 1. The predicted molar refractivity (Wildman–Crippen MR) is 60.0 cm³/mol. The summed E-state index contributed by atoms with van der Waals surface area (Å²) in [6, 6.07) is 9.71. The monoisotopic (exact) mass is 211 g/mol. The molecule has 0 amide bonds. The molecule has 1 aromatic carbocycles. The van der Waals surface area contributed by atoms with Crippen LogP contribution in [0.25, 0.3) is 0 Å². The van der Waals surface area contributed by atoms with Gasteiger partial charge in [-0.05, 0) is 12.1 Å². The number of aliphatic hydroxyl groups excluding tert-OH is 1. The van der Waals surface area contributed by atoms with E-state index in [1.807, 2.05) is 30.3 Å². The van der Waals surface area contributed by atoms with E-state index < -0.39 is 6.23 Å². The van der Waals surface area contributed by atoms with Gasteiger partial charge in [-0.25, -0.2) is 0 Å². The number of anilines is 1. The molecule has 0 spiro atoms. The number of rotatable bonds is 1. The summed E-state index contributed by atoms with van der Waals surface area (Å²) in [5.74, 6) is 0.660. The Morgan fingerprint density at radius 1 is 1.38 bits per heavy atom. The first-order valence-electron chi connectivity index (χ1n) is 3.98. The maximum Gasteiger partial charge on any atom is 0.143 e. The summed E-state index contributed by atoms with van der Waals surface area (Å²) >= 11 is 6.64. The highest BCUT2D eigenvalue weighted by Crippen LogP contribution is 2.28. The second kappa shape index (κ2) is 3.65. The maximum atomic E-state index is 9.63. The predicted octanol–water partition coefficient (Wildman–Crippen LogP) is 1.84. The number of para-hydroxylation sites is 1. The van der Waals surface area contributed by atoms with E-state index in [9.17, 15) is 5.11 Å². The lowest BCUT2D eigenvalue weighted by atomic mass is 10.3. The number of benzene rings is 1. The third-order valence-corrected chi connectivity index (χ3v) is 3.34. The largest absolute Gasteiger partial charge is 0.372 e. The van der Waals surface area contributed by atoms with Gasteiger partial charge in [0.1, 0.15) is 10.5 Å². The van der Waals surface area contributed by atoms with Crippen molar-refractivity contribution < 1.29 is 5.11 Å². The first-order valence-corrected chi connectivity index (χ1v) is 5.37. The third-order valence-electron chi connectivity index (χ3n) is 1.88. The molecule has 68 valence electrons. The van der Waals surface area contributed by atoms with Crippen LogP contribution >= 0.6 is 24.0 Å². The van der Waals surface area contributed by atoms with Crippen molar-refractivity contribution in [1.82, 2.24) is 0 Å². The van der Waals surface area contributed by atoms with E-state index in [4.69, 9.17) is 12.2 Å². The van der Waals surface area contributed by atoms with Gasteiger partial charge in [-0.1, -0.05) is 42.2 Å². The minimum absolute atomic E-state index is 0.472. The molecule has 1 atom stereocenters. The van der Waals surface area contributed by atoms with Gasteiger partial charge in [0, 0.05) is 11.4 Å². The quantitative estimate of drug-likeness (QED) is 0.716. The van der Waals surface area contributed by atoms with Crippen LogP contribution in [0.2, 0.25) is 0 Å². The van der Waals surface area contributed by atoms with Gasteiger partial charge in [0.2, 0.25) is 0 Å². The Labute approximate surface area is 86.6 Å². The molecule has 2 rings (SSSR count). The van der Waals surface area contributed by atoms with Crippen LogP contribution in [0.3, 0.4) is 0 Å². The fourth-order valence-corrected chi connectivity index (χ4v) is 2.52. The lowest BCUT2D eigenvalue weighted by Gasteiger charge is -2.20. The Morgan fingerprint density at radius 3 is 2.62 bits per heavy atom. The molecule has 4 heteroatoms. The van der Waals surface area contributed by atoms with Gasteiger partial charge in [0.15, 0.2) is 0 Å². The van der Waals surface area contributed by atoms with Crippen molar-refractivity contribution >= 4 is 34.0 Å². The second-order valence-corrected chi connectivity index (χ2v) is 4.42. The summed E-state index contributed by atoms with van der Waals surface area (Å²) in [5, 5.41) is 9.63. The molecule has 0 aliphatic carbocycles. The molecule has 0 saturated carbocycles. The highest BCUT2D eigenvalue weighted by molar-refractivity contribution is 8.23. The van der Waals surface area contributed by atoms with Crippen molar-refractivity contribution in [2.45, 2.75) is 6.23 Å². The summed E-state index contributed by atoms with van der Waals surface area (Å²) in [4.78, 5) is 1.78. The zero-order valence-electron chi connectivity index (χ0n) is 6.88. The SMILES string of the molecule is OC1CSC(=S)N1c1ccccc1. The summed E-state index contributed by atoms with van der Waals surface area (Å²) < 4.78 is 0.749. The van der Waals surface area contributed by atoms with Gasteiger partial charge >= 0.3 is 0 Å². The van der Waals surface area contributed by atoms with E-state index >= 15 is 0 Å². The molecular weight excluding hydrogens is 202 g/mol. The first kappa shape index (κ1) is 8.99. The number of hydrogen-bond acceptors (Lipinski definition) is 3. The number of thioether (sulfide) groups is 1. The smallest absolute Gasteiger partial charge is 0.143 e. The average molecular weight is 211 g/mol. The summed E-state index contributed by atoms with van der Waals surface area (Å²) in [7, 11) is 0. The van der Waals surface area contributed by atoms with E-state index in [1.165, 1.54) is 11.8 Å². The molecular formula is C9H9NOS2. The van der Waals surface area contributed by atoms with E-state index in [1.54, 1.807) is 4.90 Å². The van der Waals surface area contributed by atoms with Crippen molar-refractivity contribution in [2.75, 3.05) is 10.7 Å². The van der Waals surface area contributed by atoms with Crippen molar-refractivity contribution in [2.24, 2.45) is 0 Å². The molecule has 2 nitrogen and oxygen atoms in total. The Balaban J connectivity index is 2.30. The van der Waals surface area contributed by atoms with E-state index in [0.717, 1.165) is 10.0 Å². The highest BCUT2D eigenvalue weighted by atomic mass is 32.2. The van der Waals surface area contributed by atoms with Crippen LogP contribution in [-0.4, -0.2) is 21.4 Å². The van der Waals surface area contributed by atoms with Crippen LogP contribution in [0.15, 0.2) is 30.3 Å². The molecule has 1 saturated heterocycles. The minimum atomic E-state index is -0.472. The molecule has 0 aromatic heterocycles. The van der Waals surface area contributed by atoms with Crippen LogP contribution in [0.1, 0.15) is 0 Å². The van der Waals surface area contributed by atoms with Crippen LogP contribution < -0.4 is 4.90 Å². The molecule has 13 heavy (non-hydrogen) atoms. The van der Waals surface area contributed by atoms with Gasteiger partial charge in [-0.15, -0.1) is 0 Å².